The van der Waals surface area contributed by atoms with Gasteiger partial charge in [0.25, 0.3) is 0 Å². The van der Waals surface area contributed by atoms with Gasteiger partial charge in [-0.3, -0.25) is 4.79 Å². The van der Waals surface area contributed by atoms with E-state index < -0.39 is 0 Å². The molecule has 0 aromatic carbocycles. The van der Waals surface area contributed by atoms with Gasteiger partial charge in [0.2, 0.25) is 5.91 Å². The summed E-state index contributed by atoms with van der Waals surface area (Å²) < 4.78 is 0. The molecule has 3 rings (SSSR count). The van der Waals surface area contributed by atoms with Gasteiger partial charge < -0.3 is 5.32 Å². The van der Waals surface area contributed by atoms with Crippen LogP contribution in [0.15, 0.2) is 23.4 Å². The van der Waals surface area contributed by atoms with Crippen molar-refractivity contribution in [1.82, 2.24) is 4.98 Å². The first-order valence-electron chi connectivity index (χ1n) is 7.04. The molecule has 2 saturated carbocycles. The predicted octanol–water partition coefficient (Wildman–Crippen LogP) is 3.57. The lowest BCUT2D eigenvalue weighted by molar-refractivity contribution is -0.117. The van der Waals surface area contributed by atoms with Gasteiger partial charge in [0.1, 0.15) is 0 Å². The Morgan fingerprint density at radius 3 is 2.89 bits per heavy atom. The van der Waals surface area contributed by atoms with Crippen LogP contribution < -0.4 is 5.32 Å². The minimum absolute atomic E-state index is 0.149. The molecule has 2 fully saturated rings. The summed E-state index contributed by atoms with van der Waals surface area (Å²) in [6.07, 6.45) is 9.78. The highest BCUT2D eigenvalue weighted by atomic mass is 32.2. The Kier molecular flexibility index (Phi) is 3.78. The average Bonchev–Trinajstić information content (AvgIpc) is 3.02. The number of anilines is 1. The first kappa shape index (κ1) is 13.0. The van der Waals surface area contributed by atoms with Crippen LogP contribution in [0.1, 0.15) is 32.1 Å². The van der Waals surface area contributed by atoms with Gasteiger partial charge in [0, 0.05) is 6.42 Å². The van der Waals surface area contributed by atoms with E-state index in [1.54, 1.807) is 18.0 Å². The summed E-state index contributed by atoms with van der Waals surface area (Å²) in [5.74, 6) is 2.49. The second-order valence-electron chi connectivity index (χ2n) is 5.78. The standard InChI is InChI=1S/C15H20N2OS/c1-19-15-5-4-13(9-16-15)17-14(18)8-12-7-10-2-3-11(12)6-10/h4-5,9-12H,2-3,6-8H2,1H3,(H,17,18). The van der Waals surface area contributed by atoms with E-state index in [1.807, 2.05) is 18.4 Å². The quantitative estimate of drug-likeness (QED) is 0.855. The summed E-state index contributed by atoms with van der Waals surface area (Å²) >= 11 is 1.61. The van der Waals surface area contributed by atoms with Gasteiger partial charge >= 0.3 is 0 Å². The lowest BCUT2D eigenvalue weighted by Gasteiger charge is -2.20. The fourth-order valence-electron chi connectivity index (χ4n) is 3.65. The van der Waals surface area contributed by atoms with Gasteiger partial charge in [0.15, 0.2) is 0 Å². The van der Waals surface area contributed by atoms with Gasteiger partial charge in [-0.05, 0) is 55.4 Å². The Bertz CT molecular complexity index is 460. The molecule has 3 nitrogen and oxygen atoms in total. The van der Waals surface area contributed by atoms with E-state index in [1.165, 1.54) is 25.7 Å². The van der Waals surface area contributed by atoms with Gasteiger partial charge in [0.05, 0.1) is 16.9 Å². The van der Waals surface area contributed by atoms with Gasteiger partial charge in [-0.15, -0.1) is 11.8 Å². The van der Waals surface area contributed by atoms with Gasteiger partial charge in [-0.25, -0.2) is 4.98 Å². The van der Waals surface area contributed by atoms with Crippen molar-refractivity contribution in [2.45, 2.75) is 37.1 Å². The Hall–Kier alpha value is -1.03. The van der Waals surface area contributed by atoms with Crippen molar-refractivity contribution < 1.29 is 4.79 Å². The highest BCUT2D eigenvalue weighted by Gasteiger charge is 2.40. The lowest BCUT2D eigenvalue weighted by atomic mass is 9.86. The van der Waals surface area contributed by atoms with E-state index >= 15 is 0 Å². The van der Waals surface area contributed by atoms with Crippen LogP contribution in [0.3, 0.4) is 0 Å². The smallest absolute Gasteiger partial charge is 0.224 e. The van der Waals surface area contributed by atoms with Crippen LogP contribution in [0.5, 0.6) is 0 Å². The molecule has 3 unspecified atom stereocenters. The maximum atomic E-state index is 12.1. The number of fused-ring (bicyclic) bond motifs is 2. The lowest BCUT2D eigenvalue weighted by Crippen LogP contribution is -2.20. The van der Waals surface area contributed by atoms with E-state index in [0.29, 0.717) is 12.3 Å². The highest BCUT2D eigenvalue weighted by Crippen LogP contribution is 2.49. The van der Waals surface area contributed by atoms with Crippen molar-refractivity contribution in [1.29, 1.82) is 0 Å². The van der Waals surface area contributed by atoms with Crippen LogP contribution in [-0.2, 0) is 4.79 Å². The number of carbonyl (C=O) groups excluding carboxylic acids is 1. The fraction of sp³-hybridized carbons (Fsp3) is 0.600. The minimum atomic E-state index is 0.149. The molecule has 2 bridgehead atoms. The van der Waals surface area contributed by atoms with Gasteiger partial charge in [-0.1, -0.05) is 6.42 Å². The molecule has 0 spiro atoms. The van der Waals surface area contributed by atoms with Crippen molar-refractivity contribution in [3.63, 3.8) is 0 Å². The number of hydrogen-bond donors (Lipinski definition) is 1. The van der Waals surface area contributed by atoms with Crippen LogP contribution in [0.4, 0.5) is 5.69 Å². The number of amides is 1. The fourth-order valence-corrected chi connectivity index (χ4v) is 4.01. The predicted molar refractivity (Wildman–Crippen MR) is 78.2 cm³/mol. The number of hydrogen-bond acceptors (Lipinski definition) is 3. The van der Waals surface area contributed by atoms with Gasteiger partial charge in [-0.2, -0.15) is 0 Å². The molecule has 0 radical (unpaired) electrons. The molecule has 2 aliphatic carbocycles. The number of carbonyl (C=O) groups is 1. The van der Waals surface area contributed by atoms with Crippen LogP contribution >= 0.6 is 11.8 Å². The van der Waals surface area contributed by atoms with Crippen LogP contribution in [-0.4, -0.2) is 17.1 Å². The van der Waals surface area contributed by atoms with Crippen molar-refractivity contribution in [2.24, 2.45) is 17.8 Å². The monoisotopic (exact) mass is 276 g/mol. The van der Waals surface area contributed by atoms with Crippen molar-refractivity contribution in [3.05, 3.63) is 18.3 Å². The number of aromatic nitrogens is 1. The Labute approximate surface area is 118 Å². The summed E-state index contributed by atoms with van der Waals surface area (Å²) in [6, 6.07) is 3.87. The van der Waals surface area contributed by atoms with E-state index in [-0.39, 0.29) is 5.91 Å². The largest absolute Gasteiger partial charge is 0.325 e. The molecule has 1 N–H and O–H groups in total. The summed E-state index contributed by atoms with van der Waals surface area (Å²) in [5, 5.41) is 3.95. The Morgan fingerprint density at radius 1 is 1.42 bits per heavy atom. The second kappa shape index (κ2) is 5.53. The van der Waals surface area contributed by atoms with Crippen molar-refractivity contribution in [3.8, 4) is 0 Å². The van der Waals surface area contributed by atoms with Crippen LogP contribution in [0, 0.1) is 17.8 Å². The summed E-state index contributed by atoms with van der Waals surface area (Å²) in [4.78, 5) is 16.3. The molecular weight excluding hydrogens is 256 g/mol. The van der Waals surface area contributed by atoms with E-state index in [0.717, 1.165) is 22.5 Å². The normalized spacial score (nSPS) is 28.6. The van der Waals surface area contributed by atoms with Crippen molar-refractivity contribution in [2.75, 3.05) is 11.6 Å². The maximum absolute atomic E-state index is 12.1. The molecule has 0 saturated heterocycles. The molecule has 3 atom stereocenters. The van der Waals surface area contributed by atoms with Crippen LogP contribution in [0.25, 0.3) is 0 Å². The topological polar surface area (TPSA) is 42.0 Å². The number of pyridine rings is 1. The second-order valence-corrected chi connectivity index (χ2v) is 6.60. The number of rotatable bonds is 4. The Morgan fingerprint density at radius 2 is 2.32 bits per heavy atom. The summed E-state index contributed by atoms with van der Waals surface area (Å²) in [5.41, 5.74) is 0.811. The van der Waals surface area contributed by atoms with E-state index in [9.17, 15) is 4.79 Å². The molecule has 0 aliphatic heterocycles. The molecule has 2 aliphatic rings. The third-order valence-electron chi connectivity index (χ3n) is 4.56. The summed E-state index contributed by atoms with van der Waals surface area (Å²) in [6.45, 7) is 0. The average molecular weight is 276 g/mol. The number of thioether (sulfide) groups is 1. The van der Waals surface area contributed by atoms with Crippen LogP contribution in [0.2, 0.25) is 0 Å². The SMILES string of the molecule is CSc1ccc(NC(=O)CC2CC3CCC2C3)cn1. The molecule has 1 aromatic rings. The molecule has 4 heteroatoms. The molecule has 1 heterocycles. The first-order chi connectivity index (χ1) is 9.24. The van der Waals surface area contributed by atoms with Crippen molar-refractivity contribution >= 4 is 23.4 Å². The zero-order valence-electron chi connectivity index (χ0n) is 11.3. The molecular formula is C15H20N2OS. The number of nitrogens with one attached hydrogen (secondary N) is 1. The summed E-state index contributed by atoms with van der Waals surface area (Å²) in [7, 11) is 0. The highest BCUT2D eigenvalue weighted by molar-refractivity contribution is 7.98. The van der Waals surface area contributed by atoms with E-state index in [4.69, 9.17) is 0 Å². The molecule has 1 aromatic heterocycles. The minimum Gasteiger partial charge on any atom is -0.325 e. The molecule has 102 valence electrons. The third kappa shape index (κ3) is 2.94. The Balaban J connectivity index is 1.53. The molecule has 19 heavy (non-hydrogen) atoms. The third-order valence-corrected chi connectivity index (χ3v) is 5.22. The first-order valence-corrected chi connectivity index (χ1v) is 8.27. The number of nitrogens with zero attached hydrogens (tertiary/aromatic N) is 1. The maximum Gasteiger partial charge on any atom is 0.224 e. The van der Waals surface area contributed by atoms with E-state index in [2.05, 4.69) is 10.3 Å². The molecule has 1 amide bonds. The zero-order valence-corrected chi connectivity index (χ0v) is 12.1. The zero-order chi connectivity index (χ0) is 13.2.